The molecule has 98 valence electrons. The van der Waals surface area contributed by atoms with Crippen molar-refractivity contribution in [2.45, 2.75) is 33.6 Å². The maximum absolute atomic E-state index is 3.59. The van der Waals surface area contributed by atoms with Crippen molar-refractivity contribution in [3.63, 3.8) is 0 Å². The molecule has 1 aliphatic rings. The zero-order chi connectivity index (χ0) is 13.4. The first kappa shape index (κ1) is 12.3. The summed E-state index contributed by atoms with van der Waals surface area (Å²) in [4.78, 5) is 0. The topological polar surface area (TPSA) is 12.0 Å². The van der Waals surface area contributed by atoms with E-state index in [-0.39, 0.29) is 0 Å². The van der Waals surface area contributed by atoms with E-state index in [1.54, 1.807) is 0 Å². The molecule has 0 saturated carbocycles. The molecule has 0 aromatic heterocycles. The summed E-state index contributed by atoms with van der Waals surface area (Å²) in [7, 11) is 0. The van der Waals surface area contributed by atoms with E-state index in [0.29, 0.717) is 0 Å². The van der Waals surface area contributed by atoms with Crippen molar-refractivity contribution in [1.29, 1.82) is 0 Å². The Morgan fingerprint density at radius 1 is 0.895 bits per heavy atom. The standard InChI is InChI=1S/C18H21N/c1-12-10-14(3)17(11-13(12)2)16-8-4-6-15-7-5-9-19-18(15)16/h4,6,8,10-11,19H,5,7,9H2,1-3H3. The van der Waals surface area contributed by atoms with Gasteiger partial charge in [0.25, 0.3) is 0 Å². The molecule has 0 unspecified atom stereocenters. The lowest BCUT2D eigenvalue weighted by Gasteiger charge is -2.22. The monoisotopic (exact) mass is 251 g/mol. The van der Waals surface area contributed by atoms with Crippen LogP contribution in [0, 0.1) is 20.8 Å². The summed E-state index contributed by atoms with van der Waals surface area (Å²) >= 11 is 0. The van der Waals surface area contributed by atoms with Crippen LogP contribution in [0.15, 0.2) is 30.3 Å². The first-order chi connectivity index (χ1) is 9.16. The second-order valence-electron chi connectivity index (χ2n) is 5.62. The molecule has 2 aromatic rings. The summed E-state index contributed by atoms with van der Waals surface area (Å²) in [5.41, 5.74) is 9.64. The molecule has 0 fully saturated rings. The zero-order valence-electron chi connectivity index (χ0n) is 12.0. The third-order valence-corrected chi connectivity index (χ3v) is 4.21. The summed E-state index contributed by atoms with van der Waals surface area (Å²) in [5.74, 6) is 0. The van der Waals surface area contributed by atoms with Crippen LogP contribution in [-0.4, -0.2) is 6.54 Å². The lowest BCUT2D eigenvalue weighted by molar-refractivity contribution is 0.831. The molecule has 1 N–H and O–H groups in total. The van der Waals surface area contributed by atoms with E-state index in [4.69, 9.17) is 0 Å². The Labute approximate surface area is 115 Å². The van der Waals surface area contributed by atoms with Crippen LogP contribution in [0.1, 0.15) is 28.7 Å². The predicted molar refractivity (Wildman–Crippen MR) is 82.9 cm³/mol. The van der Waals surface area contributed by atoms with Crippen molar-refractivity contribution >= 4 is 5.69 Å². The molecule has 0 atom stereocenters. The van der Waals surface area contributed by atoms with Gasteiger partial charge in [-0.25, -0.2) is 0 Å². The van der Waals surface area contributed by atoms with Crippen molar-refractivity contribution in [2.75, 3.05) is 11.9 Å². The van der Waals surface area contributed by atoms with E-state index in [9.17, 15) is 0 Å². The normalized spacial score (nSPS) is 13.8. The number of hydrogen-bond acceptors (Lipinski definition) is 1. The summed E-state index contributed by atoms with van der Waals surface area (Å²) in [6.07, 6.45) is 2.43. The fraction of sp³-hybridized carbons (Fsp3) is 0.333. The van der Waals surface area contributed by atoms with Crippen molar-refractivity contribution in [2.24, 2.45) is 0 Å². The average Bonchev–Trinajstić information content (AvgIpc) is 2.42. The first-order valence-corrected chi connectivity index (χ1v) is 7.11. The van der Waals surface area contributed by atoms with Crippen molar-refractivity contribution in [1.82, 2.24) is 0 Å². The molecule has 2 aromatic carbocycles. The fourth-order valence-corrected chi connectivity index (χ4v) is 2.98. The van der Waals surface area contributed by atoms with Crippen LogP contribution in [0.2, 0.25) is 0 Å². The Balaban J connectivity index is 2.20. The van der Waals surface area contributed by atoms with Gasteiger partial charge >= 0.3 is 0 Å². The molecule has 0 spiro atoms. The van der Waals surface area contributed by atoms with Gasteiger partial charge in [-0.1, -0.05) is 30.3 Å². The van der Waals surface area contributed by atoms with E-state index in [0.717, 1.165) is 6.54 Å². The van der Waals surface area contributed by atoms with E-state index in [2.05, 4.69) is 56.4 Å². The number of rotatable bonds is 1. The second kappa shape index (κ2) is 4.73. The molecule has 0 radical (unpaired) electrons. The highest BCUT2D eigenvalue weighted by Crippen LogP contribution is 2.36. The van der Waals surface area contributed by atoms with Gasteiger partial charge in [0.05, 0.1) is 0 Å². The third-order valence-electron chi connectivity index (χ3n) is 4.21. The Hall–Kier alpha value is -1.76. The van der Waals surface area contributed by atoms with Crippen LogP contribution >= 0.6 is 0 Å². The number of nitrogens with one attached hydrogen (secondary N) is 1. The summed E-state index contributed by atoms with van der Waals surface area (Å²) in [6, 6.07) is 11.3. The smallest absolute Gasteiger partial charge is 0.0452 e. The minimum atomic E-state index is 1.09. The predicted octanol–water partition coefficient (Wildman–Crippen LogP) is 4.64. The SMILES string of the molecule is Cc1cc(C)c(-c2cccc3c2NCCC3)cc1C. The Morgan fingerprint density at radius 3 is 2.53 bits per heavy atom. The molecule has 1 nitrogen and oxygen atoms in total. The van der Waals surface area contributed by atoms with Gasteiger partial charge in [-0.2, -0.15) is 0 Å². The van der Waals surface area contributed by atoms with E-state index >= 15 is 0 Å². The van der Waals surface area contributed by atoms with Crippen LogP contribution in [0.25, 0.3) is 11.1 Å². The Morgan fingerprint density at radius 2 is 1.68 bits per heavy atom. The summed E-state index contributed by atoms with van der Waals surface area (Å²) in [5, 5.41) is 3.59. The van der Waals surface area contributed by atoms with Crippen LogP contribution in [0.4, 0.5) is 5.69 Å². The minimum Gasteiger partial charge on any atom is -0.384 e. The maximum atomic E-state index is 3.59. The van der Waals surface area contributed by atoms with Crippen molar-refractivity contribution in [3.8, 4) is 11.1 Å². The van der Waals surface area contributed by atoms with E-state index in [1.165, 1.54) is 51.9 Å². The average molecular weight is 251 g/mol. The Bertz CT molecular complexity index is 626. The number of hydrogen-bond donors (Lipinski definition) is 1. The molecule has 19 heavy (non-hydrogen) atoms. The molecule has 1 heteroatoms. The van der Waals surface area contributed by atoms with Crippen LogP contribution in [0.3, 0.4) is 0 Å². The summed E-state index contributed by atoms with van der Waals surface area (Å²) in [6.45, 7) is 7.68. The number of aryl methyl sites for hydroxylation is 4. The third kappa shape index (κ3) is 2.14. The molecule has 3 rings (SSSR count). The number of para-hydroxylation sites is 1. The molecule has 1 heterocycles. The number of anilines is 1. The maximum Gasteiger partial charge on any atom is 0.0452 e. The first-order valence-electron chi connectivity index (χ1n) is 7.11. The molecule has 0 amide bonds. The van der Waals surface area contributed by atoms with Gasteiger partial charge in [0.1, 0.15) is 0 Å². The van der Waals surface area contributed by atoms with Crippen molar-refractivity contribution in [3.05, 3.63) is 52.6 Å². The van der Waals surface area contributed by atoms with Gasteiger partial charge in [0, 0.05) is 17.8 Å². The van der Waals surface area contributed by atoms with Gasteiger partial charge < -0.3 is 5.32 Å². The zero-order valence-corrected chi connectivity index (χ0v) is 12.0. The highest BCUT2D eigenvalue weighted by molar-refractivity contribution is 5.83. The highest BCUT2D eigenvalue weighted by atomic mass is 14.9. The quantitative estimate of drug-likeness (QED) is 0.778. The van der Waals surface area contributed by atoms with Crippen molar-refractivity contribution < 1.29 is 0 Å². The minimum absolute atomic E-state index is 1.09. The largest absolute Gasteiger partial charge is 0.384 e. The van der Waals surface area contributed by atoms with Gasteiger partial charge in [-0.15, -0.1) is 0 Å². The van der Waals surface area contributed by atoms with Gasteiger partial charge in [0.15, 0.2) is 0 Å². The molecular weight excluding hydrogens is 230 g/mol. The Kier molecular flexibility index (Phi) is 3.06. The molecule has 0 bridgehead atoms. The van der Waals surface area contributed by atoms with Crippen LogP contribution in [-0.2, 0) is 6.42 Å². The van der Waals surface area contributed by atoms with E-state index < -0.39 is 0 Å². The van der Waals surface area contributed by atoms with Crippen LogP contribution in [0.5, 0.6) is 0 Å². The second-order valence-corrected chi connectivity index (χ2v) is 5.62. The number of fused-ring (bicyclic) bond motifs is 1. The van der Waals surface area contributed by atoms with Gasteiger partial charge in [0.2, 0.25) is 0 Å². The highest BCUT2D eigenvalue weighted by Gasteiger charge is 2.15. The summed E-state index contributed by atoms with van der Waals surface area (Å²) < 4.78 is 0. The molecular formula is C18H21N. The molecule has 1 aliphatic heterocycles. The fourth-order valence-electron chi connectivity index (χ4n) is 2.98. The lowest BCUT2D eigenvalue weighted by Crippen LogP contribution is -2.12. The van der Waals surface area contributed by atoms with E-state index in [1.807, 2.05) is 0 Å². The molecule has 0 aliphatic carbocycles. The van der Waals surface area contributed by atoms with Gasteiger partial charge in [-0.05, 0) is 61.4 Å². The van der Waals surface area contributed by atoms with Gasteiger partial charge in [-0.3, -0.25) is 0 Å². The van der Waals surface area contributed by atoms with Crippen LogP contribution < -0.4 is 5.32 Å². The number of benzene rings is 2. The molecule has 0 saturated heterocycles. The lowest BCUT2D eigenvalue weighted by atomic mass is 9.91.